The number of aromatic amines is 2. The second-order valence-corrected chi connectivity index (χ2v) is 5.95. The van der Waals surface area contributed by atoms with Crippen LogP contribution < -0.4 is 22.0 Å². The average Bonchev–Trinajstić information content (AvgIpc) is 3.07. The van der Waals surface area contributed by atoms with Gasteiger partial charge in [-0.05, 0) is 30.3 Å². The van der Waals surface area contributed by atoms with Crippen LogP contribution in [0.25, 0.3) is 43.4 Å². The van der Waals surface area contributed by atoms with Crippen LogP contribution in [0.2, 0.25) is 0 Å². The molecule has 0 unspecified atom stereocenters. The number of rotatable bonds is 0. The molecule has 0 spiro atoms. The van der Waals surface area contributed by atoms with Gasteiger partial charge in [0.15, 0.2) is 10.9 Å². The number of H-pyrrole nitrogens is 2. The summed E-state index contributed by atoms with van der Waals surface area (Å²) in [4.78, 5) is 54.7. The van der Waals surface area contributed by atoms with Gasteiger partial charge in [-0.1, -0.05) is 0 Å². The summed E-state index contributed by atoms with van der Waals surface area (Å²) in [5.41, 5.74) is -1.38. The van der Waals surface area contributed by atoms with Crippen LogP contribution in [-0.4, -0.2) is 15.1 Å². The Kier molecular flexibility index (Phi) is 2.30. The third-order valence-electron chi connectivity index (χ3n) is 4.59. The second kappa shape index (κ2) is 4.21. The minimum absolute atomic E-state index is 0.0214. The van der Waals surface area contributed by atoms with Crippen LogP contribution in [0.15, 0.2) is 49.5 Å². The van der Waals surface area contributed by atoms with E-state index in [9.17, 15) is 24.3 Å². The molecule has 0 bridgehead atoms. The number of hydrogen-bond donors (Lipinski definition) is 3. The van der Waals surface area contributed by atoms with Crippen molar-refractivity contribution >= 4 is 43.4 Å². The summed E-state index contributed by atoms with van der Waals surface area (Å²) in [7, 11) is 0. The van der Waals surface area contributed by atoms with E-state index in [2.05, 4.69) is 9.97 Å². The molecule has 0 aliphatic rings. The number of fused-ring (bicyclic) bond motifs is 8. The smallest absolute Gasteiger partial charge is 0.259 e. The van der Waals surface area contributed by atoms with Crippen LogP contribution in [-0.2, 0) is 0 Å². The molecule has 0 fully saturated rings. The Balaban J connectivity index is 2.38. The van der Waals surface area contributed by atoms with Crippen LogP contribution >= 0.6 is 0 Å². The highest BCUT2D eigenvalue weighted by atomic mass is 16.3. The first-order valence-corrected chi connectivity index (χ1v) is 7.44. The highest BCUT2D eigenvalue weighted by Crippen LogP contribution is 2.35. The molecular weight excluding hydrogens is 324 g/mol. The number of phenols is 1. The van der Waals surface area contributed by atoms with Crippen LogP contribution in [0.1, 0.15) is 0 Å². The summed E-state index contributed by atoms with van der Waals surface area (Å²) < 4.78 is 0. The van der Waals surface area contributed by atoms with Crippen LogP contribution in [0.5, 0.6) is 5.75 Å². The standard InChI is InChI=1S/C18H8N2O5/c21-6-1-2-8-7(5-6)11-14-15(18(25)20-17(14)24)12-9(22)3-4-10(23)13(12)16(11)19-8/h1-5,19,21H,(H,20,24,25). The van der Waals surface area contributed by atoms with Gasteiger partial charge in [0.25, 0.3) is 11.1 Å². The van der Waals surface area contributed by atoms with E-state index >= 15 is 0 Å². The Bertz CT molecular complexity index is 1580. The van der Waals surface area contributed by atoms with Gasteiger partial charge >= 0.3 is 0 Å². The zero-order valence-corrected chi connectivity index (χ0v) is 12.5. The van der Waals surface area contributed by atoms with Crippen molar-refractivity contribution in [1.29, 1.82) is 0 Å². The van der Waals surface area contributed by atoms with E-state index in [1.165, 1.54) is 12.1 Å². The third-order valence-corrected chi connectivity index (χ3v) is 4.59. The fraction of sp³-hybridized carbons (Fsp3) is 0. The van der Waals surface area contributed by atoms with Crippen LogP contribution in [0, 0.1) is 0 Å². The summed E-state index contributed by atoms with van der Waals surface area (Å²) in [6.07, 6.45) is 0. The van der Waals surface area contributed by atoms with Gasteiger partial charge in [0.05, 0.1) is 21.7 Å². The van der Waals surface area contributed by atoms with Crippen LogP contribution in [0.4, 0.5) is 0 Å². The van der Waals surface area contributed by atoms with E-state index in [0.717, 1.165) is 12.1 Å². The normalized spacial score (nSPS) is 12.0. The van der Waals surface area contributed by atoms with Gasteiger partial charge < -0.3 is 10.1 Å². The lowest BCUT2D eigenvalue weighted by Gasteiger charge is -2.00. The number of phenolic OH excluding ortho intramolecular Hbond substituents is 1. The Morgan fingerprint density at radius 3 is 2.04 bits per heavy atom. The molecule has 2 heterocycles. The molecule has 5 aromatic rings. The number of benzene rings is 3. The minimum Gasteiger partial charge on any atom is -0.508 e. The number of aromatic nitrogens is 2. The molecule has 0 saturated heterocycles. The molecule has 0 amide bonds. The average molecular weight is 332 g/mol. The van der Waals surface area contributed by atoms with E-state index in [-0.39, 0.29) is 27.3 Å². The van der Waals surface area contributed by atoms with Gasteiger partial charge in [0, 0.05) is 21.7 Å². The number of hydrogen-bond acceptors (Lipinski definition) is 5. The zero-order chi connectivity index (χ0) is 17.5. The predicted octanol–water partition coefficient (Wildman–Crippen LogP) is 0.978. The second-order valence-electron chi connectivity index (χ2n) is 5.95. The maximum atomic E-state index is 12.5. The van der Waals surface area contributed by atoms with Crippen molar-refractivity contribution in [2.45, 2.75) is 0 Å². The quantitative estimate of drug-likeness (QED) is 0.390. The van der Waals surface area contributed by atoms with Crippen molar-refractivity contribution in [2.75, 3.05) is 0 Å². The van der Waals surface area contributed by atoms with Crippen molar-refractivity contribution < 1.29 is 5.11 Å². The van der Waals surface area contributed by atoms with E-state index in [4.69, 9.17) is 0 Å². The van der Waals surface area contributed by atoms with Crippen molar-refractivity contribution in [3.63, 3.8) is 0 Å². The van der Waals surface area contributed by atoms with Gasteiger partial charge in [0.1, 0.15) is 5.75 Å². The van der Waals surface area contributed by atoms with Gasteiger partial charge in [-0.15, -0.1) is 0 Å². The Morgan fingerprint density at radius 1 is 0.680 bits per heavy atom. The van der Waals surface area contributed by atoms with Crippen LogP contribution in [0.3, 0.4) is 0 Å². The van der Waals surface area contributed by atoms with E-state index in [1.807, 2.05) is 0 Å². The molecule has 0 aliphatic heterocycles. The Morgan fingerprint density at radius 2 is 1.32 bits per heavy atom. The molecule has 0 saturated carbocycles. The fourth-order valence-corrected chi connectivity index (χ4v) is 3.62. The lowest BCUT2D eigenvalue weighted by Crippen LogP contribution is -2.12. The summed E-state index contributed by atoms with van der Waals surface area (Å²) in [5, 5.41) is 10.6. The lowest BCUT2D eigenvalue weighted by atomic mass is 9.99. The monoisotopic (exact) mass is 332 g/mol. The molecule has 120 valence electrons. The summed E-state index contributed by atoms with van der Waals surface area (Å²) in [5.74, 6) is -0.0214. The van der Waals surface area contributed by atoms with E-state index < -0.39 is 22.0 Å². The number of aromatic hydroxyl groups is 1. The molecule has 2 aromatic heterocycles. The summed E-state index contributed by atoms with van der Waals surface area (Å²) in [6.45, 7) is 0. The van der Waals surface area contributed by atoms with Gasteiger partial charge in [-0.25, -0.2) is 0 Å². The van der Waals surface area contributed by atoms with Gasteiger partial charge in [0.2, 0.25) is 0 Å². The SMILES string of the molecule is O=c1ccc(=O)c2c1c1[nH]c3ccc(O)cc3c1c1c(=O)[nH]c(=O)c21. The molecule has 5 rings (SSSR count). The predicted molar refractivity (Wildman–Crippen MR) is 94.3 cm³/mol. The molecule has 7 heteroatoms. The first kappa shape index (κ1) is 13.7. The minimum atomic E-state index is -0.705. The highest BCUT2D eigenvalue weighted by Gasteiger charge is 2.22. The molecule has 25 heavy (non-hydrogen) atoms. The molecule has 3 N–H and O–H groups in total. The van der Waals surface area contributed by atoms with Gasteiger partial charge in [-0.3, -0.25) is 24.2 Å². The number of nitrogens with one attached hydrogen (secondary N) is 2. The fourth-order valence-electron chi connectivity index (χ4n) is 3.62. The first-order valence-electron chi connectivity index (χ1n) is 7.44. The highest BCUT2D eigenvalue weighted by molar-refractivity contribution is 6.31. The van der Waals surface area contributed by atoms with Crippen molar-refractivity contribution in [3.8, 4) is 5.75 Å². The lowest BCUT2D eigenvalue weighted by molar-refractivity contribution is 0.476. The summed E-state index contributed by atoms with van der Waals surface area (Å²) in [6, 6.07) is 6.75. The van der Waals surface area contributed by atoms with Crippen molar-refractivity contribution in [1.82, 2.24) is 9.97 Å². The maximum absolute atomic E-state index is 12.5. The molecule has 0 aliphatic carbocycles. The Hall–Kier alpha value is -3.74. The van der Waals surface area contributed by atoms with Crippen molar-refractivity contribution in [2.24, 2.45) is 0 Å². The largest absolute Gasteiger partial charge is 0.508 e. The van der Waals surface area contributed by atoms with E-state index in [0.29, 0.717) is 21.8 Å². The van der Waals surface area contributed by atoms with Gasteiger partial charge in [-0.2, -0.15) is 0 Å². The zero-order valence-electron chi connectivity index (χ0n) is 12.5. The molecule has 7 nitrogen and oxygen atoms in total. The Labute approximate surface area is 136 Å². The molecule has 3 aromatic carbocycles. The molecule has 0 atom stereocenters. The molecular formula is C18H8N2O5. The topological polar surface area (TPSA) is 120 Å². The maximum Gasteiger partial charge on any atom is 0.259 e. The molecule has 0 radical (unpaired) electrons. The first-order chi connectivity index (χ1) is 12.0. The van der Waals surface area contributed by atoms with E-state index in [1.54, 1.807) is 6.07 Å². The third kappa shape index (κ3) is 1.54. The summed E-state index contributed by atoms with van der Waals surface area (Å²) >= 11 is 0. The van der Waals surface area contributed by atoms with Crippen molar-refractivity contribution in [3.05, 3.63) is 71.5 Å².